The van der Waals surface area contributed by atoms with Crippen LogP contribution in [0.2, 0.25) is 0 Å². The molecular weight excluding hydrogens is 160 g/mol. The van der Waals surface area contributed by atoms with E-state index in [9.17, 15) is 0 Å². The molecule has 3 rings (SSSR count). The van der Waals surface area contributed by atoms with Gasteiger partial charge in [0, 0.05) is 23.3 Å². The van der Waals surface area contributed by atoms with Gasteiger partial charge in [0.05, 0.1) is 11.2 Å². The van der Waals surface area contributed by atoms with E-state index in [-0.39, 0.29) is 0 Å². The second kappa shape index (κ2) is 2.33. The van der Waals surface area contributed by atoms with Crippen LogP contribution in [0.15, 0.2) is 42.7 Å². The maximum atomic E-state index is 4.30. The molecule has 2 aliphatic rings. The molecule has 0 amide bonds. The molecule has 1 aliphatic heterocycles. The van der Waals surface area contributed by atoms with Gasteiger partial charge < -0.3 is 4.98 Å². The molecule has 0 radical (unpaired) electrons. The lowest BCUT2D eigenvalue weighted by Crippen LogP contribution is -1.77. The van der Waals surface area contributed by atoms with Crippen molar-refractivity contribution in [1.82, 2.24) is 9.97 Å². The number of fused-ring (bicyclic) bond motifs is 3. The lowest BCUT2D eigenvalue weighted by atomic mass is 10.2. The summed E-state index contributed by atoms with van der Waals surface area (Å²) in [6.45, 7) is 0. The van der Waals surface area contributed by atoms with Gasteiger partial charge in [-0.15, -0.1) is 0 Å². The molecule has 2 heteroatoms. The Kier molecular flexibility index (Phi) is 1.19. The zero-order valence-electron chi connectivity index (χ0n) is 6.99. The fourth-order valence-electron chi connectivity index (χ4n) is 1.69. The van der Waals surface area contributed by atoms with Crippen LogP contribution in [0.5, 0.6) is 0 Å². The fraction of sp³-hybridized carbons (Fsp3) is 0. The number of hydrogen-bond donors (Lipinski definition) is 1. The number of hydrogen-bond acceptors (Lipinski definition) is 1. The van der Waals surface area contributed by atoms with Gasteiger partial charge in [-0.2, -0.15) is 0 Å². The van der Waals surface area contributed by atoms with Gasteiger partial charge in [0.2, 0.25) is 0 Å². The molecule has 1 aromatic rings. The van der Waals surface area contributed by atoms with Crippen molar-refractivity contribution in [2.24, 2.45) is 0 Å². The lowest BCUT2D eigenvalue weighted by Gasteiger charge is -1.96. The number of H-pyrrole nitrogens is 1. The predicted molar refractivity (Wildman–Crippen MR) is 52.7 cm³/mol. The predicted octanol–water partition coefficient (Wildman–Crippen LogP) is 2.67. The maximum absolute atomic E-state index is 4.30. The Morgan fingerprint density at radius 1 is 1.15 bits per heavy atom. The number of aromatic amines is 1. The van der Waals surface area contributed by atoms with Gasteiger partial charge in [-0.05, 0) is 24.3 Å². The highest BCUT2D eigenvalue weighted by molar-refractivity contribution is 5.98. The Morgan fingerprint density at radius 2 is 2.15 bits per heavy atom. The zero-order valence-corrected chi connectivity index (χ0v) is 6.99. The van der Waals surface area contributed by atoms with E-state index >= 15 is 0 Å². The van der Waals surface area contributed by atoms with Crippen molar-refractivity contribution in [2.75, 3.05) is 0 Å². The number of nitrogens with zero attached hydrogens (tertiary/aromatic N) is 1. The van der Waals surface area contributed by atoms with E-state index in [0.717, 1.165) is 5.52 Å². The second-order valence-corrected chi connectivity index (χ2v) is 3.08. The monoisotopic (exact) mass is 168 g/mol. The van der Waals surface area contributed by atoms with Crippen molar-refractivity contribution >= 4 is 10.9 Å². The molecule has 1 N–H and O–H groups in total. The van der Waals surface area contributed by atoms with Crippen LogP contribution in [-0.2, 0) is 0 Å². The zero-order chi connectivity index (χ0) is 8.67. The van der Waals surface area contributed by atoms with Crippen molar-refractivity contribution in [3.8, 4) is 11.3 Å². The summed E-state index contributed by atoms with van der Waals surface area (Å²) in [5.41, 5.74) is 3.45. The van der Waals surface area contributed by atoms with Crippen molar-refractivity contribution < 1.29 is 0 Å². The molecule has 1 aliphatic carbocycles. The van der Waals surface area contributed by atoms with Gasteiger partial charge in [0.25, 0.3) is 0 Å². The van der Waals surface area contributed by atoms with Gasteiger partial charge >= 0.3 is 0 Å². The highest BCUT2D eigenvalue weighted by Gasteiger charge is 2.08. The number of aromatic nitrogens is 2. The molecule has 2 heterocycles. The van der Waals surface area contributed by atoms with E-state index in [2.05, 4.69) is 28.2 Å². The Labute approximate surface area is 75.6 Å². The smallest absolute Gasteiger partial charge is 0.0729 e. The molecule has 62 valence electrons. The van der Waals surface area contributed by atoms with Crippen LogP contribution in [0, 0.1) is 0 Å². The van der Waals surface area contributed by atoms with E-state index in [0.29, 0.717) is 0 Å². The Hall–Kier alpha value is -1.83. The summed E-state index contributed by atoms with van der Waals surface area (Å²) < 4.78 is 0. The third kappa shape index (κ3) is 0.855. The standard InChI is InChI=1S/C11H8N2/c1-3-8-7-10-9(4-2-5-12-10)11(8)13-6-1/h1-7,13H. The minimum absolute atomic E-state index is 1.06. The third-order valence-electron chi connectivity index (χ3n) is 2.29. The van der Waals surface area contributed by atoms with E-state index in [1.54, 1.807) is 0 Å². The largest absolute Gasteiger partial charge is 0.361 e. The number of pyridine rings is 2. The lowest BCUT2D eigenvalue weighted by molar-refractivity contribution is 1.35. The summed E-state index contributed by atoms with van der Waals surface area (Å²) in [6.07, 6.45) is 3.76. The van der Waals surface area contributed by atoms with Gasteiger partial charge in [-0.1, -0.05) is 6.07 Å². The van der Waals surface area contributed by atoms with Crippen LogP contribution in [0.3, 0.4) is 0 Å². The van der Waals surface area contributed by atoms with E-state index < -0.39 is 0 Å². The molecule has 0 saturated carbocycles. The molecule has 0 saturated heterocycles. The third-order valence-corrected chi connectivity index (χ3v) is 2.29. The molecule has 0 fully saturated rings. The van der Waals surface area contributed by atoms with Crippen LogP contribution in [0.4, 0.5) is 0 Å². The number of nitrogens with one attached hydrogen (secondary N) is 1. The second-order valence-electron chi connectivity index (χ2n) is 3.08. The van der Waals surface area contributed by atoms with E-state index in [1.807, 2.05) is 24.5 Å². The summed E-state index contributed by atoms with van der Waals surface area (Å²) in [7, 11) is 0. The fourth-order valence-corrected chi connectivity index (χ4v) is 1.69. The summed E-state index contributed by atoms with van der Waals surface area (Å²) in [6, 6.07) is 10.2. The molecule has 0 spiro atoms. The first-order chi connectivity index (χ1) is 6.45. The summed E-state index contributed by atoms with van der Waals surface area (Å²) in [4.78, 5) is 7.53. The minimum atomic E-state index is 1.06. The number of rotatable bonds is 0. The summed E-state index contributed by atoms with van der Waals surface area (Å²) in [5.74, 6) is 0. The van der Waals surface area contributed by atoms with E-state index in [1.165, 1.54) is 16.6 Å². The van der Waals surface area contributed by atoms with Crippen LogP contribution in [0.25, 0.3) is 22.2 Å². The Bertz CT molecular complexity index is 525. The molecule has 1 aromatic heterocycles. The normalized spacial score (nSPS) is 11.1. The molecule has 0 aromatic carbocycles. The first kappa shape index (κ1) is 6.66. The summed E-state index contributed by atoms with van der Waals surface area (Å²) in [5, 5.41) is 1.19. The maximum Gasteiger partial charge on any atom is 0.0729 e. The Balaban J connectivity index is 2.56. The highest BCUT2D eigenvalue weighted by atomic mass is 14.7. The van der Waals surface area contributed by atoms with Crippen molar-refractivity contribution in [3.05, 3.63) is 42.7 Å². The molecule has 0 bridgehead atoms. The van der Waals surface area contributed by atoms with Gasteiger partial charge in [-0.3, -0.25) is 4.98 Å². The minimum Gasteiger partial charge on any atom is -0.361 e. The summed E-state index contributed by atoms with van der Waals surface area (Å²) >= 11 is 0. The molecular formula is C11H8N2. The first-order valence-electron chi connectivity index (χ1n) is 4.26. The van der Waals surface area contributed by atoms with Gasteiger partial charge in [0.15, 0.2) is 0 Å². The highest BCUT2D eigenvalue weighted by Crippen LogP contribution is 2.29. The molecule has 13 heavy (non-hydrogen) atoms. The quantitative estimate of drug-likeness (QED) is 0.549. The molecule has 0 unspecified atom stereocenters. The average molecular weight is 168 g/mol. The van der Waals surface area contributed by atoms with Gasteiger partial charge in [-0.25, -0.2) is 0 Å². The first-order valence-corrected chi connectivity index (χ1v) is 4.26. The van der Waals surface area contributed by atoms with Crippen molar-refractivity contribution in [1.29, 1.82) is 0 Å². The Morgan fingerprint density at radius 3 is 3.15 bits per heavy atom. The van der Waals surface area contributed by atoms with Crippen molar-refractivity contribution in [3.63, 3.8) is 0 Å². The van der Waals surface area contributed by atoms with Gasteiger partial charge in [0.1, 0.15) is 0 Å². The van der Waals surface area contributed by atoms with Crippen molar-refractivity contribution in [2.45, 2.75) is 0 Å². The van der Waals surface area contributed by atoms with E-state index in [4.69, 9.17) is 0 Å². The van der Waals surface area contributed by atoms with Crippen LogP contribution < -0.4 is 0 Å². The van der Waals surface area contributed by atoms with Crippen LogP contribution >= 0.6 is 0 Å². The molecule has 2 nitrogen and oxygen atoms in total. The average Bonchev–Trinajstić information content (AvgIpc) is 2.56. The molecule has 0 atom stereocenters. The SMILES string of the molecule is c1c[nH]c2c3cccnc3cc-2c1. The topological polar surface area (TPSA) is 28.7 Å². The van der Waals surface area contributed by atoms with Crippen LogP contribution in [0.1, 0.15) is 0 Å². The van der Waals surface area contributed by atoms with Crippen LogP contribution in [-0.4, -0.2) is 9.97 Å².